The topological polar surface area (TPSA) is 71.1 Å². The quantitative estimate of drug-likeness (QED) is 0.605. The van der Waals surface area contributed by atoms with Crippen LogP contribution in [-0.4, -0.2) is 33.0 Å². The van der Waals surface area contributed by atoms with Crippen LogP contribution >= 0.6 is 0 Å². The summed E-state index contributed by atoms with van der Waals surface area (Å²) < 4.78 is 0. The molecular weight excluding hydrogens is 300 g/mol. The second-order valence-electron chi connectivity index (χ2n) is 5.45. The number of hydrogen-bond donors (Lipinski definition) is 0. The molecule has 0 radical (unpaired) electrons. The maximum absolute atomic E-state index is 12.5. The maximum atomic E-state index is 12.5. The lowest BCUT2D eigenvalue weighted by atomic mass is 10.0. The lowest BCUT2D eigenvalue weighted by molar-refractivity contribution is 0.103. The van der Waals surface area contributed by atoms with Crippen LogP contribution in [0.1, 0.15) is 15.9 Å². The molecule has 2 aromatic rings. The molecule has 2 rings (SSSR count). The highest BCUT2D eigenvalue weighted by Crippen LogP contribution is 2.18. The Morgan fingerprint density at radius 3 is 1.42 bits per heavy atom. The molecule has 0 aromatic heterocycles. The molecule has 0 heterocycles. The largest absolute Gasteiger partial charge is 0.361 e. The second-order valence-corrected chi connectivity index (χ2v) is 5.45. The molecule has 5 nitrogen and oxygen atoms in total. The Morgan fingerprint density at radius 2 is 1.12 bits per heavy atom. The Bertz CT molecular complexity index is 715. The monoisotopic (exact) mass is 318 g/mol. The molecule has 120 valence electrons. The minimum atomic E-state index is -0.0565. The number of anilines is 2. The fourth-order valence-electron chi connectivity index (χ4n) is 2.30. The van der Waals surface area contributed by atoms with Gasteiger partial charge in [0.1, 0.15) is 13.1 Å². The van der Waals surface area contributed by atoms with E-state index in [0.717, 1.165) is 11.4 Å². The van der Waals surface area contributed by atoms with Crippen molar-refractivity contribution in [2.45, 2.75) is 0 Å². The lowest BCUT2D eigenvalue weighted by Gasteiger charge is -2.16. The van der Waals surface area contributed by atoms with Crippen molar-refractivity contribution >= 4 is 17.2 Å². The summed E-state index contributed by atoms with van der Waals surface area (Å²) in [6, 6.07) is 18.6. The molecule has 0 saturated heterocycles. The number of carbonyl (C=O) groups is 1. The fourth-order valence-corrected chi connectivity index (χ4v) is 2.30. The van der Waals surface area contributed by atoms with Crippen molar-refractivity contribution in [3.8, 4) is 12.1 Å². The van der Waals surface area contributed by atoms with Gasteiger partial charge in [-0.2, -0.15) is 10.5 Å². The molecule has 0 amide bonds. The lowest BCUT2D eigenvalue weighted by Crippen LogP contribution is -2.17. The summed E-state index contributed by atoms with van der Waals surface area (Å²) in [4.78, 5) is 16.2. The van der Waals surface area contributed by atoms with Gasteiger partial charge in [0.05, 0.1) is 12.1 Å². The fraction of sp³-hybridized carbons (Fsp3) is 0.211. The van der Waals surface area contributed by atoms with Crippen LogP contribution in [0.3, 0.4) is 0 Å². The van der Waals surface area contributed by atoms with E-state index in [1.165, 1.54) is 0 Å². The van der Waals surface area contributed by atoms with Gasteiger partial charge in [0, 0.05) is 36.6 Å². The average Bonchev–Trinajstić information content (AvgIpc) is 2.62. The van der Waals surface area contributed by atoms with Crippen LogP contribution < -0.4 is 9.80 Å². The molecule has 0 aliphatic rings. The summed E-state index contributed by atoms with van der Waals surface area (Å²) in [6.07, 6.45) is 0. The molecule has 0 atom stereocenters. The number of hydrogen-bond acceptors (Lipinski definition) is 5. The Kier molecular flexibility index (Phi) is 5.54. The molecule has 0 spiro atoms. The van der Waals surface area contributed by atoms with Crippen molar-refractivity contribution in [3.63, 3.8) is 0 Å². The summed E-state index contributed by atoms with van der Waals surface area (Å²) in [6.45, 7) is 0.593. The predicted octanol–water partition coefficient (Wildman–Crippen LogP) is 2.84. The van der Waals surface area contributed by atoms with E-state index in [9.17, 15) is 4.79 Å². The van der Waals surface area contributed by atoms with E-state index in [2.05, 4.69) is 12.1 Å². The molecule has 0 N–H and O–H groups in total. The van der Waals surface area contributed by atoms with Gasteiger partial charge in [0.15, 0.2) is 5.78 Å². The van der Waals surface area contributed by atoms with E-state index in [-0.39, 0.29) is 5.78 Å². The van der Waals surface area contributed by atoms with E-state index in [1.807, 2.05) is 48.2 Å². The number of rotatable bonds is 6. The van der Waals surface area contributed by atoms with Gasteiger partial charge in [-0.1, -0.05) is 0 Å². The van der Waals surface area contributed by atoms with Crippen LogP contribution in [0.15, 0.2) is 48.5 Å². The Hall–Kier alpha value is -3.31. The van der Waals surface area contributed by atoms with E-state index in [4.69, 9.17) is 10.5 Å². The first kappa shape index (κ1) is 17.1. The van der Waals surface area contributed by atoms with Crippen LogP contribution in [-0.2, 0) is 0 Å². The van der Waals surface area contributed by atoms with Gasteiger partial charge in [0.25, 0.3) is 0 Å². The molecular formula is C19H18N4O. The van der Waals surface area contributed by atoms with E-state index in [0.29, 0.717) is 24.2 Å². The van der Waals surface area contributed by atoms with Crippen molar-refractivity contribution in [1.29, 1.82) is 10.5 Å². The van der Waals surface area contributed by atoms with Crippen LogP contribution in [0, 0.1) is 22.7 Å². The number of benzene rings is 2. The molecule has 24 heavy (non-hydrogen) atoms. The minimum Gasteiger partial charge on any atom is -0.361 e. The summed E-state index contributed by atoms with van der Waals surface area (Å²) in [7, 11) is 3.66. The molecule has 0 aliphatic heterocycles. The Balaban J connectivity index is 2.14. The summed E-state index contributed by atoms with van der Waals surface area (Å²) >= 11 is 0. The highest BCUT2D eigenvalue weighted by molar-refractivity contribution is 6.09. The first-order valence-electron chi connectivity index (χ1n) is 7.48. The van der Waals surface area contributed by atoms with Crippen LogP contribution in [0.5, 0.6) is 0 Å². The molecule has 2 aromatic carbocycles. The average molecular weight is 318 g/mol. The smallest absolute Gasteiger partial charge is 0.193 e. The summed E-state index contributed by atoms with van der Waals surface area (Å²) in [5.41, 5.74) is 2.98. The Labute approximate surface area is 142 Å². The standard InChI is InChI=1S/C19H18N4O/c1-22(13-11-20)17-7-3-15(4-8-17)19(24)16-5-9-18(10-6-16)23(2)14-12-21/h3-10H,13-14H2,1-2H3. The van der Waals surface area contributed by atoms with E-state index >= 15 is 0 Å². The first-order valence-corrected chi connectivity index (χ1v) is 7.48. The highest BCUT2D eigenvalue weighted by atomic mass is 16.1. The van der Waals surface area contributed by atoms with Gasteiger partial charge < -0.3 is 9.80 Å². The predicted molar refractivity (Wildman–Crippen MR) is 94.1 cm³/mol. The van der Waals surface area contributed by atoms with Crippen molar-refractivity contribution in [1.82, 2.24) is 0 Å². The van der Waals surface area contributed by atoms with E-state index < -0.39 is 0 Å². The number of ketones is 1. The third-order valence-electron chi connectivity index (χ3n) is 3.76. The molecule has 0 bridgehead atoms. The van der Waals surface area contributed by atoms with Gasteiger partial charge in [-0.05, 0) is 48.5 Å². The van der Waals surface area contributed by atoms with Crippen LogP contribution in [0.2, 0.25) is 0 Å². The zero-order valence-corrected chi connectivity index (χ0v) is 13.7. The normalized spacial score (nSPS) is 9.67. The van der Waals surface area contributed by atoms with Crippen LogP contribution in [0.25, 0.3) is 0 Å². The molecule has 5 heteroatoms. The van der Waals surface area contributed by atoms with E-state index in [1.54, 1.807) is 24.3 Å². The van der Waals surface area contributed by atoms with Crippen LogP contribution in [0.4, 0.5) is 11.4 Å². The Morgan fingerprint density at radius 1 is 0.792 bits per heavy atom. The molecule has 0 fully saturated rings. The number of nitriles is 2. The zero-order valence-electron chi connectivity index (χ0n) is 13.7. The van der Waals surface area contributed by atoms with Crippen molar-refractivity contribution in [2.75, 3.05) is 37.0 Å². The van der Waals surface area contributed by atoms with Gasteiger partial charge in [-0.3, -0.25) is 4.79 Å². The second kappa shape index (κ2) is 7.80. The SMILES string of the molecule is CN(CC#N)c1ccc(C(=O)c2ccc(N(C)CC#N)cc2)cc1. The van der Waals surface area contributed by atoms with Gasteiger partial charge in [0.2, 0.25) is 0 Å². The third kappa shape index (κ3) is 3.91. The number of nitrogens with zero attached hydrogens (tertiary/aromatic N) is 4. The maximum Gasteiger partial charge on any atom is 0.193 e. The number of carbonyl (C=O) groups excluding carboxylic acids is 1. The summed E-state index contributed by atoms with van der Waals surface area (Å²) in [5.74, 6) is -0.0565. The van der Waals surface area contributed by atoms with Crippen molar-refractivity contribution in [3.05, 3.63) is 59.7 Å². The van der Waals surface area contributed by atoms with Gasteiger partial charge in [-0.15, -0.1) is 0 Å². The van der Waals surface area contributed by atoms with Crippen molar-refractivity contribution < 1.29 is 4.79 Å². The third-order valence-corrected chi connectivity index (χ3v) is 3.76. The van der Waals surface area contributed by atoms with Gasteiger partial charge >= 0.3 is 0 Å². The minimum absolute atomic E-state index is 0.0565. The highest BCUT2D eigenvalue weighted by Gasteiger charge is 2.10. The summed E-state index contributed by atoms with van der Waals surface area (Å²) in [5, 5.41) is 17.4. The zero-order chi connectivity index (χ0) is 17.5. The molecule has 0 saturated carbocycles. The molecule has 0 aliphatic carbocycles. The van der Waals surface area contributed by atoms with Gasteiger partial charge in [-0.25, -0.2) is 0 Å². The first-order chi connectivity index (χ1) is 11.6. The molecule has 0 unspecified atom stereocenters. The van der Waals surface area contributed by atoms with Crippen molar-refractivity contribution in [2.24, 2.45) is 0 Å².